The average molecular weight is 565 g/mol. The molecule has 1 aromatic carbocycles. The van der Waals surface area contributed by atoms with Gasteiger partial charge in [-0.05, 0) is 42.9 Å². The van der Waals surface area contributed by atoms with Crippen LogP contribution in [0.25, 0.3) is 0 Å². The second kappa shape index (κ2) is 14.2. The molecule has 0 radical (unpaired) electrons. The van der Waals surface area contributed by atoms with Crippen LogP contribution in [0, 0.1) is 18.8 Å². The minimum absolute atomic E-state index is 0.0335. The first kappa shape index (κ1) is 32.0. The zero-order valence-corrected chi connectivity index (χ0v) is 23.0. The van der Waals surface area contributed by atoms with E-state index >= 15 is 0 Å². The Bertz CT molecular complexity index is 1020. The summed E-state index contributed by atoms with van der Waals surface area (Å²) >= 11 is 0. The molecule has 0 aliphatic carbocycles. The van der Waals surface area contributed by atoms with Gasteiger partial charge in [-0.2, -0.15) is 17.5 Å². The van der Waals surface area contributed by atoms with Gasteiger partial charge in [0.25, 0.3) is 0 Å². The number of nitrogens with zero attached hydrogens (tertiary/aromatic N) is 3. The number of hydrogen-bond acceptors (Lipinski definition) is 6. The Balaban J connectivity index is 0.000000638. The molecule has 2 fully saturated rings. The van der Waals surface area contributed by atoms with Gasteiger partial charge in [0.2, 0.25) is 15.9 Å². The number of likely N-dealkylation sites (tertiary alicyclic amines) is 1. The maximum Gasteiger partial charge on any atom is 0.490 e. The van der Waals surface area contributed by atoms with Crippen LogP contribution in [-0.2, 0) is 19.6 Å². The summed E-state index contributed by atoms with van der Waals surface area (Å²) in [4.78, 5) is 26.1. The number of sulfonamides is 1. The lowest BCUT2D eigenvalue weighted by molar-refractivity contribution is -0.192. The lowest BCUT2D eigenvalue weighted by Crippen LogP contribution is -2.48. The molecule has 2 aliphatic rings. The van der Waals surface area contributed by atoms with E-state index in [0.717, 1.165) is 31.7 Å². The van der Waals surface area contributed by atoms with Crippen LogP contribution in [0.3, 0.4) is 0 Å². The zero-order valence-electron chi connectivity index (χ0n) is 22.2. The number of hydrogen-bond donors (Lipinski definition) is 2. The first-order valence-corrected chi connectivity index (χ1v) is 14.2. The molecule has 2 saturated heterocycles. The molecule has 0 bridgehead atoms. The molecular formula is C25H39F3N4O5S. The second-order valence-electron chi connectivity index (χ2n) is 10.1. The van der Waals surface area contributed by atoms with E-state index in [1.54, 1.807) is 18.2 Å². The number of aliphatic carboxylic acids is 1. The third-order valence-electron chi connectivity index (χ3n) is 6.52. The average Bonchev–Trinajstić information content (AvgIpc) is 2.83. The smallest absolute Gasteiger partial charge is 0.475 e. The lowest BCUT2D eigenvalue weighted by Gasteiger charge is -2.36. The summed E-state index contributed by atoms with van der Waals surface area (Å²) in [6, 6.07) is 7.04. The molecule has 2 heterocycles. The van der Waals surface area contributed by atoms with Crippen molar-refractivity contribution in [3.8, 4) is 0 Å². The van der Waals surface area contributed by atoms with Gasteiger partial charge < -0.3 is 20.2 Å². The standard InChI is InChI=1S/C23H38N4O3S.C2HF3O2/c1-19-5-4-6-22(16-19)31(29,30)27(10-7-23(28)26-11-8-24-9-12-26)14-13-25-17-20(2)15-21(3)18-25;3-2(4,5)1(6)7/h4-6,16,20-21,24H,7-15,17-18H2,1-3H3;(H,6,7). The lowest BCUT2D eigenvalue weighted by atomic mass is 9.92. The van der Waals surface area contributed by atoms with Crippen molar-refractivity contribution in [1.29, 1.82) is 0 Å². The molecule has 216 valence electrons. The number of benzene rings is 1. The highest BCUT2D eigenvalue weighted by Gasteiger charge is 2.38. The molecule has 0 aromatic heterocycles. The van der Waals surface area contributed by atoms with Crippen LogP contribution in [0.15, 0.2) is 29.2 Å². The van der Waals surface area contributed by atoms with Crippen molar-refractivity contribution in [2.75, 3.05) is 58.9 Å². The minimum atomic E-state index is -5.08. The fraction of sp³-hybridized carbons (Fsp3) is 0.680. The monoisotopic (exact) mass is 564 g/mol. The first-order chi connectivity index (χ1) is 17.7. The highest BCUT2D eigenvalue weighted by atomic mass is 32.2. The quantitative estimate of drug-likeness (QED) is 0.499. The van der Waals surface area contributed by atoms with E-state index in [1.807, 2.05) is 17.9 Å². The summed E-state index contributed by atoms with van der Waals surface area (Å²) in [6.07, 6.45) is -3.64. The van der Waals surface area contributed by atoms with Gasteiger partial charge in [0.15, 0.2) is 0 Å². The van der Waals surface area contributed by atoms with Crippen LogP contribution >= 0.6 is 0 Å². The number of alkyl halides is 3. The molecule has 2 N–H and O–H groups in total. The number of piperazine rings is 1. The number of halogens is 3. The second-order valence-corrected chi connectivity index (χ2v) is 12.0. The third kappa shape index (κ3) is 10.2. The molecule has 0 spiro atoms. The van der Waals surface area contributed by atoms with Crippen molar-refractivity contribution < 1.29 is 36.3 Å². The number of carbonyl (C=O) groups is 2. The van der Waals surface area contributed by atoms with Crippen LogP contribution in [0.5, 0.6) is 0 Å². The molecule has 1 aromatic rings. The first-order valence-electron chi connectivity index (χ1n) is 12.8. The summed E-state index contributed by atoms with van der Waals surface area (Å²) < 4.78 is 60.2. The van der Waals surface area contributed by atoms with Gasteiger partial charge in [0.05, 0.1) is 4.90 Å². The van der Waals surface area contributed by atoms with Gasteiger partial charge in [-0.3, -0.25) is 4.79 Å². The van der Waals surface area contributed by atoms with Gasteiger partial charge in [-0.25, -0.2) is 13.2 Å². The highest BCUT2D eigenvalue weighted by molar-refractivity contribution is 7.89. The zero-order chi connectivity index (χ0) is 28.5. The van der Waals surface area contributed by atoms with Gasteiger partial charge >= 0.3 is 12.1 Å². The normalized spacial score (nSPS) is 21.1. The number of carboxylic acids is 1. The van der Waals surface area contributed by atoms with Crippen LogP contribution in [0.4, 0.5) is 13.2 Å². The predicted molar refractivity (Wildman–Crippen MR) is 137 cm³/mol. The summed E-state index contributed by atoms with van der Waals surface area (Å²) in [5, 5.41) is 10.4. The SMILES string of the molecule is Cc1cccc(S(=O)(=O)N(CCC(=O)N2CCNCC2)CCN2CC(C)CC(C)C2)c1.O=C(O)C(F)(F)F. The van der Waals surface area contributed by atoms with Crippen molar-refractivity contribution in [3.63, 3.8) is 0 Å². The maximum absolute atomic E-state index is 13.4. The van der Waals surface area contributed by atoms with Crippen molar-refractivity contribution >= 4 is 21.9 Å². The van der Waals surface area contributed by atoms with Crippen molar-refractivity contribution in [2.45, 2.75) is 44.7 Å². The Labute approximate surface area is 223 Å². The molecule has 3 rings (SSSR count). The van der Waals surface area contributed by atoms with Crippen LogP contribution < -0.4 is 5.32 Å². The van der Waals surface area contributed by atoms with Crippen LogP contribution in [-0.4, -0.2) is 105 Å². The molecule has 13 heteroatoms. The molecular weight excluding hydrogens is 525 g/mol. The minimum Gasteiger partial charge on any atom is -0.475 e. The molecule has 2 atom stereocenters. The Morgan fingerprint density at radius 2 is 1.68 bits per heavy atom. The van der Waals surface area contributed by atoms with E-state index in [2.05, 4.69) is 24.1 Å². The number of carboxylic acid groups (broad SMARTS) is 1. The number of piperidine rings is 1. The highest BCUT2D eigenvalue weighted by Crippen LogP contribution is 2.22. The van der Waals surface area contributed by atoms with E-state index in [1.165, 1.54) is 10.7 Å². The summed E-state index contributed by atoms with van der Waals surface area (Å²) in [5.74, 6) is -1.47. The fourth-order valence-corrected chi connectivity index (χ4v) is 6.33. The molecule has 0 saturated carbocycles. The van der Waals surface area contributed by atoms with Gasteiger partial charge in [-0.1, -0.05) is 26.0 Å². The Morgan fingerprint density at radius 3 is 2.21 bits per heavy atom. The molecule has 1 amide bonds. The van der Waals surface area contributed by atoms with Crippen LogP contribution in [0.2, 0.25) is 0 Å². The van der Waals surface area contributed by atoms with Crippen molar-refractivity contribution in [1.82, 2.24) is 19.4 Å². The van der Waals surface area contributed by atoms with E-state index in [9.17, 15) is 26.4 Å². The summed E-state index contributed by atoms with van der Waals surface area (Å²) in [6.45, 7) is 12.7. The number of nitrogens with one attached hydrogen (secondary N) is 1. The van der Waals surface area contributed by atoms with Crippen molar-refractivity contribution in [2.24, 2.45) is 11.8 Å². The fourth-order valence-electron chi connectivity index (χ4n) is 4.80. The Kier molecular flexibility index (Phi) is 12.0. The third-order valence-corrected chi connectivity index (χ3v) is 8.42. The number of aryl methyl sites for hydroxylation is 1. The molecule has 2 unspecified atom stereocenters. The van der Waals surface area contributed by atoms with E-state index in [-0.39, 0.29) is 18.9 Å². The van der Waals surface area contributed by atoms with E-state index in [4.69, 9.17) is 9.90 Å². The van der Waals surface area contributed by atoms with E-state index < -0.39 is 22.2 Å². The summed E-state index contributed by atoms with van der Waals surface area (Å²) in [5.41, 5.74) is 0.914. The number of rotatable bonds is 8. The predicted octanol–water partition coefficient (Wildman–Crippen LogP) is 2.42. The maximum atomic E-state index is 13.4. The van der Waals surface area contributed by atoms with Gasteiger partial charge in [0.1, 0.15) is 0 Å². The van der Waals surface area contributed by atoms with Crippen LogP contribution in [0.1, 0.15) is 32.3 Å². The largest absolute Gasteiger partial charge is 0.490 e. The molecule has 9 nitrogen and oxygen atoms in total. The molecule has 2 aliphatic heterocycles. The van der Waals surface area contributed by atoms with E-state index in [0.29, 0.717) is 42.9 Å². The Morgan fingerprint density at radius 1 is 1.11 bits per heavy atom. The summed E-state index contributed by atoms with van der Waals surface area (Å²) in [7, 11) is -3.65. The topological polar surface area (TPSA) is 110 Å². The Hall–Kier alpha value is -2.22. The van der Waals surface area contributed by atoms with Gasteiger partial charge in [0, 0.05) is 65.3 Å². The number of amides is 1. The van der Waals surface area contributed by atoms with Gasteiger partial charge in [-0.15, -0.1) is 0 Å². The van der Waals surface area contributed by atoms with Crippen molar-refractivity contribution in [3.05, 3.63) is 29.8 Å². The number of carbonyl (C=O) groups excluding carboxylic acids is 1. The molecule has 38 heavy (non-hydrogen) atoms.